The molecule has 2 heteroatoms. The molecule has 0 bridgehead atoms. The fourth-order valence-corrected chi connectivity index (χ4v) is 2.38. The van der Waals surface area contributed by atoms with E-state index in [0.717, 1.165) is 11.1 Å². The molecule has 1 aliphatic rings. The second-order valence-corrected chi connectivity index (χ2v) is 5.49. The van der Waals surface area contributed by atoms with E-state index >= 15 is 0 Å². The van der Waals surface area contributed by atoms with E-state index in [4.69, 9.17) is 0 Å². The minimum absolute atomic E-state index is 0.153. The maximum absolute atomic E-state index is 11.8. The molecule has 0 aromatic heterocycles. The quantitative estimate of drug-likeness (QED) is 0.775. The molecule has 0 aliphatic heterocycles. The van der Waals surface area contributed by atoms with Gasteiger partial charge in [0.15, 0.2) is 5.78 Å². The number of rotatable bonds is 3. The summed E-state index contributed by atoms with van der Waals surface area (Å²) in [6.45, 7) is 11.5. The number of aliphatic hydroxyl groups excluding tert-OH is 1. The summed E-state index contributed by atoms with van der Waals surface area (Å²) in [5.74, 6) is -0.153. The van der Waals surface area contributed by atoms with E-state index in [9.17, 15) is 9.90 Å². The number of allylic oxidation sites excluding steroid dienone is 6. The molecule has 0 amide bonds. The zero-order chi connectivity index (χ0) is 13.9. The lowest BCUT2D eigenvalue weighted by atomic mass is 9.71. The molecule has 0 saturated heterocycles. The number of hydrogen-bond donors (Lipinski definition) is 1. The number of Topliss-reactive ketones (excluding diaryl/α,β-unsaturated/α-hetero) is 1. The zero-order valence-electron chi connectivity index (χ0n) is 11.7. The summed E-state index contributed by atoms with van der Waals surface area (Å²) in [5.41, 5.74) is 2.58. The second kappa shape index (κ2) is 5.49. The predicted octanol–water partition coefficient (Wildman–Crippen LogP) is 3.35. The molecule has 0 aromatic carbocycles. The largest absolute Gasteiger partial charge is 0.385 e. The normalized spacial score (nSPS) is 24.8. The molecule has 0 radical (unpaired) electrons. The number of hydrogen-bond acceptors (Lipinski definition) is 2. The molecule has 1 aliphatic carbocycles. The number of aliphatic hydroxyl groups is 1. The highest BCUT2D eigenvalue weighted by atomic mass is 16.3. The molecule has 98 valence electrons. The highest BCUT2D eigenvalue weighted by molar-refractivity contribution is 6.00. The van der Waals surface area contributed by atoms with Crippen LogP contribution < -0.4 is 0 Å². The third kappa shape index (κ3) is 3.08. The lowest BCUT2D eigenvalue weighted by Crippen LogP contribution is -2.35. The molecule has 18 heavy (non-hydrogen) atoms. The summed E-state index contributed by atoms with van der Waals surface area (Å²) >= 11 is 0. The molecule has 0 fully saturated rings. The second-order valence-electron chi connectivity index (χ2n) is 5.49. The van der Waals surface area contributed by atoms with Gasteiger partial charge in [0.2, 0.25) is 0 Å². The average Bonchev–Trinajstić information content (AvgIpc) is 2.25. The first kappa shape index (κ1) is 14.7. The van der Waals surface area contributed by atoms with Gasteiger partial charge in [-0.25, -0.2) is 0 Å². The molecular weight excluding hydrogens is 224 g/mol. The van der Waals surface area contributed by atoms with Crippen LogP contribution in [0, 0.1) is 5.41 Å². The Morgan fingerprint density at radius 3 is 2.67 bits per heavy atom. The lowest BCUT2D eigenvalue weighted by molar-refractivity contribution is -0.125. The van der Waals surface area contributed by atoms with E-state index in [1.807, 2.05) is 25.2 Å². The van der Waals surface area contributed by atoms with Crippen molar-refractivity contribution in [1.29, 1.82) is 0 Å². The SMILES string of the molecule is C=C/C=C(C)/C=C/C1=C(C)C(=O)C(O)CC1(C)C. The standard InChI is InChI=1S/C16H22O2/c1-6-7-11(2)8-9-13-12(3)15(18)14(17)10-16(13,4)5/h6-9,14,17H,1,10H2,2-5H3/b9-8+,11-7+. The van der Waals surface area contributed by atoms with Crippen molar-refractivity contribution < 1.29 is 9.90 Å². The summed E-state index contributed by atoms with van der Waals surface area (Å²) in [4.78, 5) is 11.8. The van der Waals surface area contributed by atoms with Gasteiger partial charge in [-0.3, -0.25) is 4.79 Å². The van der Waals surface area contributed by atoms with Crippen LogP contribution in [-0.2, 0) is 4.79 Å². The molecule has 1 N–H and O–H groups in total. The lowest BCUT2D eigenvalue weighted by Gasteiger charge is -2.34. The highest BCUT2D eigenvalue weighted by Crippen LogP contribution is 2.39. The van der Waals surface area contributed by atoms with Crippen LogP contribution >= 0.6 is 0 Å². The monoisotopic (exact) mass is 246 g/mol. The van der Waals surface area contributed by atoms with Gasteiger partial charge in [-0.2, -0.15) is 0 Å². The fourth-order valence-electron chi connectivity index (χ4n) is 2.38. The molecule has 0 heterocycles. The molecular formula is C16H22O2. The van der Waals surface area contributed by atoms with Crippen LogP contribution in [-0.4, -0.2) is 17.0 Å². The van der Waals surface area contributed by atoms with E-state index < -0.39 is 6.10 Å². The Morgan fingerprint density at radius 2 is 2.11 bits per heavy atom. The molecule has 1 atom stereocenters. The van der Waals surface area contributed by atoms with Crippen LogP contribution in [0.2, 0.25) is 0 Å². The maximum atomic E-state index is 11.8. The van der Waals surface area contributed by atoms with Crippen molar-refractivity contribution in [3.05, 3.63) is 47.6 Å². The van der Waals surface area contributed by atoms with Crippen LogP contribution in [0.25, 0.3) is 0 Å². The Morgan fingerprint density at radius 1 is 1.50 bits per heavy atom. The maximum Gasteiger partial charge on any atom is 0.187 e. The van der Waals surface area contributed by atoms with Gasteiger partial charge in [0, 0.05) is 0 Å². The Hall–Kier alpha value is -1.41. The summed E-state index contributed by atoms with van der Waals surface area (Å²) in [6.07, 6.45) is 7.23. The molecule has 0 saturated carbocycles. The van der Waals surface area contributed by atoms with E-state index in [1.54, 1.807) is 13.0 Å². The Bertz CT molecular complexity index is 448. The average molecular weight is 246 g/mol. The van der Waals surface area contributed by atoms with Gasteiger partial charge in [0.05, 0.1) is 0 Å². The number of carbonyl (C=O) groups is 1. The van der Waals surface area contributed by atoms with Crippen LogP contribution in [0.1, 0.15) is 34.1 Å². The van der Waals surface area contributed by atoms with Crippen molar-refractivity contribution in [2.24, 2.45) is 5.41 Å². The van der Waals surface area contributed by atoms with Gasteiger partial charge in [0.25, 0.3) is 0 Å². The van der Waals surface area contributed by atoms with Crippen molar-refractivity contribution in [2.45, 2.75) is 40.2 Å². The number of ketones is 1. The van der Waals surface area contributed by atoms with Crippen LogP contribution in [0.15, 0.2) is 47.6 Å². The summed E-state index contributed by atoms with van der Waals surface area (Å²) < 4.78 is 0. The smallest absolute Gasteiger partial charge is 0.187 e. The first-order valence-electron chi connectivity index (χ1n) is 6.20. The van der Waals surface area contributed by atoms with E-state index in [1.165, 1.54) is 0 Å². The predicted molar refractivity (Wildman–Crippen MR) is 75.2 cm³/mol. The van der Waals surface area contributed by atoms with Gasteiger partial charge in [0.1, 0.15) is 6.10 Å². The molecule has 1 unspecified atom stereocenters. The van der Waals surface area contributed by atoms with Crippen LogP contribution in [0.5, 0.6) is 0 Å². The Labute approximate surface area is 109 Å². The van der Waals surface area contributed by atoms with E-state index in [0.29, 0.717) is 12.0 Å². The minimum Gasteiger partial charge on any atom is -0.385 e. The van der Waals surface area contributed by atoms with Gasteiger partial charge in [-0.05, 0) is 36.8 Å². The first-order chi connectivity index (χ1) is 8.29. The third-order valence-corrected chi connectivity index (χ3v) is 3.40. The third-order valence-electron chi connectivity index (χ3n) is 3.40. The van der Waals surface area contributed by atoms with Crippen LogP contribution in [0.3, 0.4) is 0 Å². The van der Waals surface area contributed by atoms with Gasteiger partial charge in [-0.15, -0.1) is 0 Å². The van der Waals surface area contributed by atoms with Gasteiger partial charge < -0.3 is 5.11 Å². The fraction of sp³-hybridized carbons (Fsp3) is 0.438. The van der Waals surface area contributed by atoms with Crippen LogP contribution in [0.4, 0.5) is 0 Å². The minimum atomic E-state index is -0.859. The van der Waals surface area contributed by atoms with Crippen molar-refractivity contribution in [3.63, 3.8) is 0 Å². The van der Waals surface area contributed by atoms with Crippen molar-refractivity contribution in [1.82, 2.24) is 0 Å². The van der Waals surface area contributed by atoms with E-state index in [2.05, 4.69) is 20.4 Å². The van der Waals surface area contributed by atoms with Gasteiger partial charge >= 0.3 is 0 Å². The summed E-state index contributed by atoms with van der Waals surface area (Å²) in [6, 6.07) is 0. The molecule has 0 spiro atoms. The summed E-state index contributed by atoms with van der Waals surface area (Å²) in [7, 11) is 0. The summed E-state index contributed by atoms with van der Waals surface area (Å²) in [5, 5.41) is 9.73. The Kier molecular flexibility index (Phi) is 4.47. The van der Waals surface area contributed by atoms with Crippen molar-refractivity contribution in [3.8, 4) is 0 Å². The highest BCUT2D eigenvalue weighted by Gasteiger charge is 2.36. The van der Waals surface area contributed by atoms with Gasteiger partial charge in [-0.1, -0.05) is 50.3 Å². The zero-order valence-corrected chi connectivity index (χ0v) is 11.7. The first-order valence-corrected chi connectivity index (χ1v) is 6.20. The topological polar surface area (TPSA) is 37.3 Å². The molecule has 0 aromatic rings. The molecule has 1 rings (SSSR count). The Balaban J connectivity index is 3.15. The molecule has 2 nitrogen and oxygen atoms in total. The number of carbonyl (C=O) groups excluding carboxylic acids is 1. The van der Waals surface area contributed by atoms with Crippen molar-refractivity contribution >= 4 is 5.78 Å². The van der Waals surface area contributed by atoms with Crippen molar-refractivity contribution in [2.75, 3.05) is 0 Å². The van der Waals surface area contributed by atoms with E-state index in [-0.39, 0.29) is 11.2 Å².